The highest BCUT2D eigenvalue weighted by Gasteiger charge is 2.29. The van der Waals surface area contributed by atoms with Gasteiger partial charge in [0.1, 0.15) is 18.8 Å². The molecule has 1 fully saturated rings. The zero-order chi connectivity index (χ0) is 6.69. The van der Waals surface area contributed by atoms with E-state index in [1.165, 1.54) is 0 Å². The Balaban J connectivity index is 2.24. The van der Waals surface area contributed by atoms with E-state index in [0.717, 1.165) is 0 Å². The van der Waals surface area contributed by atoms with Crippen LogP contribution in [-0.2, 0) is 4.74 Å². The molecule has 0 aromatic heterocycles. The number of epoxide rings is 1. The van der Waals surface area contributed by atoms with E-state index in [1.54, 1.807) is 0 Å². The molecule has 3 nitrogen and oxygen atoms in total. The summed E-state index contributed by atoms with van der Waals surface area (Å²) in [6.45, 7) is 0.380. The van der Waals surface area contributed by atoms with Gasteiger partial charge >= 0.3 is 0 Å². The van der Waals surface area contributed by atoms with Gasteiger partial charge in [0.25, 0.3) is 0 Å². The molecule has 1 aliphatic heterocycles. The molecule has 9 heavy (non-hydrogen) atoms. The monoisotopic (exact) mass is 128 g/mol. The Morgan fingerprint density at radius 3 is 2.89 bits per heavy atom. The second kappa shape index (κ2) is 2.83. The van der Waals surface area contributed by atoms with Crippen LogP contribution in [0.2, 0.25) is 0 Å². The molecule has 0 aromatic carbocycles. The Kier molecular flexibility index (Phi) is 2.06. The molecule has 2 unspecified atom stereocenters. The normalized spacial score (nSPS) is 26.2. The van der Waals surface area contributed by atoms with E-state index >= 15 is 0 Å². The average molecular weight is 128 g/mol. The predicted octanol–water partition coefficient (Wildman–Crippen LogP) is -1.26. The maximum absolute atomic E-state index is 8.91. The van der Waals surface area contributed by atoms with Crippen molar-refractivity contribution < 1.29 is 14.9 Å². The van der Waals surface area contributed by atoms with Crippen LogP contribution in [0.1, 0.15) is 0 Å². The molecule has 3 heteroatoms. The molecule has 1 rings (SSSR count). The van der Waals surface area contributed by atoms with Gasteiger partial charge in [-0.15, -0.1) is 0 Å². The summed E-state index contributed by atoms with van der Waals surface area (Å²) in [5.74, 6) is 4.77. The van der Waals surface area contributed by atoms with Gasteiger partial charge in [-0.1, -0.05) is 11.8 Å². The van der Waals surface area contributed by atoms with Gasteiger partial charge in [-0.3, -0.25) is 0 Å². The second-order valence-electron chi connectivity index (χ2n) is 1.80. The van der Waals surface area contributed by atoms with Gasteiger partial charge in [0.15, 0.2) is 0 Å². The SMILES string of the molecule is OCC#CC(O)C1CO1. The van der Waals surface area contributed by atoms with Gasteiger partial charge in [-0.05, 0) is 0 Å². The molecule has 0 aromatic rings. The predicted molar refractivity (Wildman–Crippen MR) is 30.6 cm³/mol. The van der Waals surface area contributed by atoms with Crippen molar-refractivity contribution >= 4 is 0 Å². The lowest BCUT2D eigenvalue weighted by molar-refractivity contribution is 0.185. The summed E-state index contributed by atoms with van der Waals surface area (Å²) in [4.78, 5) is 0. The van der Waals surface area contributed by atoms with Gasteiger partial charge in [0.2, 0.25) is 0 Å². The molecule has 0 bridgehead atoms. The van der Waals surface area contributed by atoms with Crippen LogP contribution in [0.15, 0.2) is 0 Å². The Morgan fingerprint density at radius 2 is 2.44 bits per heavy atom. The van der Waals surface area contributed by atoms with E-state index in [4.69, 9.17) is 14.9 Å². The van der Waals surface area contributed by atoms with Crippen LogP contribution >= 0.6 is 0 Å². The first kappa shape index (κ1) is 6.56. The summed E-state index contributed by atoms with van der Waals surface area (Å²) < 4.78 is 4.73. The lowest BCUT2D eigenvalue weighted by Crippen LogP contribution is -2.11. The Labute approximate surface area is 53.3 Å². The Bertz CT molecular complexity index is 140. The van der Waals surface area contributed by atoms with Crippen LogP contribution in [0.4, 0.5) is 0 Å². The van der Waals surface area contributed by atoms with Gasteiger partial charge in [-0.2, -0.15) is 0 Å². The molecule has 1 aliphatic rings. The van der Waals surface area contributed by atoms with E-state index in [1.807, 2.05) is 0 Å². The van der Waals surface area contributed by atoms with Crippen molar-refractivity contribution in [2.45, 2.75) is 12.2 Å². The Morgan fingerprint density at radius 1 is 1.78 bits per heavy atom. The molecular weight excluding hydrogens is 120 g/mol. The molecule has 0 radical (unpaired) electrons. The van der Waals surface area contributed by atoms with Crippen molar-refractivity contribution in [3.63, 3.8) is 0 Å². The summed E-state index contributed by atoms with van der Waals surface area (Å²) in [5, 5.41) is 17.1. The highest BCUT2D eigenvalue weighted by molar-refractivity contribution is 5.09. The molecule has 1 heterocycles. The maximum atomic E-state index is 8.91. The molecule has 2 N–H and O–H groups in total. The van der Waals surface area contributed by atoms with Crippen molar-refractivity contribution in [1.82, 2.24) is 0 Å². The third kappa shape index (κ3) is 2.02. The van der Waals surface area contributed by atoms with Crippen LogP contribution in [0.3, 0.4) is 0 Å². The van der Waals surface area contributed by atoms with E-state index in [-0.39, 0.29) is 12.7 Å². The van der Waals surface area contributed by atoms with Crippen LogP contribution in [0.5, 0.6) is 0 Å². The van der Waals surface area contributed by atoms with Crippen molar-refractivity contribution in [3.8, 4) is 11.8 Å². The molecule has 0 amide bonds. The summed E-state index contributed by atoms with van der Waals surface area (Å²) in [6.07, 6.45) is -0.818. The van der Waals surface area contributed by atoms with Crippen molar-refractivity contribution in [3.05, 3.63) is 0 Å². The topological polar surface area (TPSA) is 53.0 Å². The third-order valence-corrected chi connectivity index (χ3v) is 1.04. The van der Waals surface area contributed by atoms with Gasteiger partial charge < -0.3 is 14.9 Å². The molecule has 1 saturated heterocycles. The minimum absolute atomic E-state index is 0.107. The minimum atomic E-state index is -0.711. The largest absolute Gasteiger partial charge is 0.384 e. The standard InChI is InChI=1S/C6H8O3/c7-3-1-2-5(8)6-4-9-6/h5-8H,3-4H2. The number of aliphatic hydroxyl groups excluding tert-OH is 2. The van der Waals surface area contributed by atoms with Gasteiger partial charge in [-0.25, -0.2) is 0 Å². The van der Waals surface area contributed by atoms with Crippen LogP contribution in [0, 0.1) is 11.8 Å². The van der Waals surface area contributed by atoms with E-state index in [2.05, 4.69) is 11.8 Å². The maximum Gasteiger partial charge on any atom is 0.143 e. The van der Waals surface area contributed by atoms with Gasteiger partial charge in [0, 0.05) is 0 Å². The number of ether oxygens (including phenoxy) is 1. The summed E-state index contributed by atoms with van der Waals surface area (Å²) in [6, 6.07) is 0. The fourth-order valence-corrected chi connectivity index (χ4v) is 0.481. The highest BCUT2D eigenvalue weighted by Crippen LogP contribution is 2.12. The lowest BCUT2D eigenvalue weighted by Gasteiger charge is -1.92. The number of hydrogen-bond donors (Lipinski definition) is 2. The van der Waals surface area contributed by atoms with Gasteiger partial charge in [0.05, 0.1) is 6.61 Å². The highest BCUT2D eigenvalue weighted by atomic mass is 16.6. The zero-order valence-electron chi connectivity index (χ0n) is 4.87. The van der Waals surface area contributed by atoms with Crippen molar-refractivity contribution in [2.75, 3.05) is 13.2 Å². The van der Waals surface area contributed by atoms with E-state index < -0.39 is 6.10 Å². The van der Waals surface area contributed by atoms with E-state index in [9.17, 15) is 0 Å². The first-order valence-electron chi connectivity index (χ1n) is 2.73. The fourth-order valence-electron chi connectivity index (χ4n) is 0.481. The average Bonchev–Trinajstić information content (AvgIpc) is 2.63. The fraction of sp³-hybridized carbons (Fsp3) is 0.667. The van der Waals surface area contributed by atoms with Crippen LogP contribution in [-0.4, -0.2) is 35.6 Å². The van der Waals surface area contributed by atoms with Crippen LogP contribution in [0.25, 0.3) is 0 Å². The molecule has 0 aliphatic carbocycles. The zero-order valence-corrected chi connectivity index (χ0v) is 4.87. The first-order valence-corrected chi connectivity index (χ1v) is 2.73. The minimum Gasteiger partial charge on any atom is -0.384 e. The molecule has 0 spiro atoms. The van der Waals surface area contributed by atoms with Crippen molar-refractivity contribution in [2.24, 2.45) is 0 Å². The number of aliphatic hydroxyl groups is 2. The van der Waals surface area contributed by atoms with Crippen molar-refractivity contribution in [1.29, 1.82) is 0 Å². The molecular formula is C6H8O3. The smallest absolute Gasteiger partial charge is 0.143 e. The van der Waals surface area contributed by atoms with Crippen LogP contribution < -0.4 is 0 Å². The summed E-state index contributed by atoms with van der Waals surface area (Å²) in [5.41, 5.74) is 0. The molecule has 0 saturated carbocycles. The first-order chi connectivity index (χ1) is 4.34. The number of rotatable bonds is 1. The second-order valence-corrected chi connectivity index (χ2v) is 1.80. The quantitative estimate of drug-likeness (QED) is 0.342. The summed E-state index contributed by atoms with van der Waals surface area (Å²) in [7, 11) is 0. The number of hydrogen-bond acceptors (Lipinski definition) is 3. The Hall–Kier alpha value is -0.560. The molecule has 50 valence electrons. The molecule has 2 atom stereocenters. The third-order valence-electron chi connectivity index (χ3n) is 1.04. The van der Waals surface area contributed by atoms with E-state index in [0.29, 0.717) is 6.61 Å². The lowest BCUT2D eigenvalue weighted by atomic mass is 10.3. The summed E-state index contributed by atoms with van der Waals surface area (Å²) >= 11 is 0.